The first-order chi connectivity index (χ1) is 16.0. The van der Waals surface area contributed by atoms with Crippen molar-refractivity contribution in [3.8, 4) is 5.75 Å². The van der Waals surface area contributed by atoms with E-state index in [2.05, 4.69) is 15.4 Å². The summed E-state index contributed by atoms with van der Waals surface area (Å²) in [4.78, 5) is 18.6. The summed E-state index contributed by atoms with van der Waals surface area (Å²) in [5.41, 5.74) is 0.0458. The summed E-state index contributed by atoms with van der Waals surface area (Å²) in [6.45, 7) is 0.555. The van der Waals surface area contributed by atoms with Gasteiger partial charge in [0.15, 0.2) is 5.65 Å². The molecule has 1 aliphatic rings. The minimum atomic E-state index is -0.932. The zero-order chi connectivity index (χ0) is 22.9. The lowest BCUT2D eigenvalue weighted by Gasteiger charge is -2.26. The fourth-order valence-corrected chi connectivity index (χ4v) is 4.02. The van der Waals surface area contributed by atoms with Gasteiger partial charge in [-0.25, -0.2) is 23.1 Å². The number of hydrogen-bond acceptors (Lipinski definition) is 5. The van der Waals surface area contributed by atoms with E-state index in [0.29, 0.717) is 18.8 Å². The van der Waals surface area contributed by atoms with E-state index in [4.69, 9.17) is 4.74 Å². The number of nitrogens with one attached hydrogen (secondary N) is 1. The van der Waals surface area contributed by atoms with Crippen LogP contribution in [0.3, 0.4) is 0 Å². The van der Waals surface area contributed by atoms with Crippen molar-refractivity contribution in [2.45, 2.75) is 18.9 Å². The van der Waals surface area contributed by atoms with Gasteiger partial charge in [0.05, 0.1) is 6.04 Å². The number of hydrogen-bond donors (Lipinski definition) is 1. The molecule has 1 N–H and O–H groups in total. The monoisotopic (exact) mass is 453 g/mol. The van der Waals surface area contributed by atoms with Crippen LogP contribution >= 0.6 is 0 Å². The number of benzene rings is 2. The average molecular weight is 453 g/mol. The van der Waals surface area contributed by atoms with Crippen LogP contribution in [0.15, 0.2) is 60.8 Å². The van der Waals surface area contributed by atoms with Gasteiger partial charge in [-0.2, -0.15) is 4.39 Å². The van der Waals surface area contributed by atoms with Gasteiger partial charge < -0.3 is 9.64 Å². The van der Waals surface area contributed by atoms with Crippen LogP contribution in [0.5, 0.6) is 5.75 Å². The topological polar surface area (TPSA) is 71.8 Å². The first-order valence-corrected chi connectivity index (χ1v) is 10.3. The molecule has 3 heterocycles. The largest absolute Gasteiger partial charge is 0.417 e. The number of amides is 1. The van der Waals surface area contributed by atoms with E-state index in [0.717, 1.165) is 18.6 Å². The molecule has 7 nitrogen and oxygen atoms in total. The quantitative estimate of drug-likeness (QED) is 0.466. The lowest BCUT2D eigenvalue weighted by atomic mass is 10.0. The predicted molar refractivity (Wildman–Crippen MR) is 115 cm³/mol. The van der Waals surface area contributed by atoms with Gasteiger partial charge in [0.1, 0.15) is 28.9 Å². The molecule has 5 rings (SSSR count). The van der Waals surface area contributed by atoms with E-state index < -0.39 is 29.7 Å². The minimum absolute atomic E-state index is 0.0559. The number of halogens is 3. The van der Waals surface area contributed by atoms with Crippen molar-refractivity contribution in [1.29, 1.82) is 0 Å². The highest BCUT2D eigenvalue weighted by atomic mass is 19.1. The first-order valence-electron chi connectivity index (χ1n) is 10.3. The third-order valence-electron chi connectivity index (χ3n) is 5.47. The van der Waals surface area contributed by atoms with E-state index in [-0.39, 0.29) is 22.6 Å². The van der Waals surface area contributed by atoms with Crippen LogP contribution < -0.4 is 15.0 Å². The Bertz CT molecular complexity index is 1330. The molecular weight excluding hydrogens is 435 g/mol. The molecule has 0 saturated carbocycles. The molecule has 0 radical (unpaired) electrons. The lowest BCUT2D eigenvalue weighted by Crippen LogP contribution is -2.24. The van der Waals surface area contributed by atoms with Gasteiger partial charge in [0, 0.05) is 18.3 Å². The number of aromatic nitrogens is 3. The van der Waals surface area contributed by atoms with Crippen molar-refractivity contribution < 1.29 is 22.7 Å². The Morgan fingerprint density at radius 2 is 1.91 bits per heavy atom. The molecule has 2 aromatic heterocycles. The Hall–Kier alpha value is -4.08. The Labute approximate surface area is 186 Å². The summed E-state index contributed by atoms with van der Waals surface area (Å²) in [6, 6.07) is 12.9. The third kappa shape index (κ3) is 4.07. The van der Waals surface area contributed by atoms with Crippen LogP contribution in [0.25, 0.3) is 5.65 Å². The highest BCUT2D eigenvalue weighted by Gasteiger charge is 2.30. The van der Waals surface area contributed by atoms with E-state index in [1.54, 1.807) is 36.4 Å². The molecule has 0 bridgehead atoms. The number of rotatable bonds is 4. The van der Waals surface area contributed by atoms with Crippen molar-refractivity contribution in [3.05, 3.63) is 83.9 Å². The van der Waals surface area contributed by atoms with Crippen LogP contribution in [0.2, 0.25) is 0 Å². The molecule has 1 saturated heterocycles. The van der Waals surface area contributed by atoms with E-state index in [1.807, 2.05) is 4.90 Å². The fraction of sp³-hybridized carbons (Fsp3) is 0.174. The minimum Gasteiger partial charge on any atom is -0.410 e. The van der Waals surface area contributed by atoms with Crippen LogP contribution in [0.1, 0.15) is 24.4 Å². The summed E-state index contributed by atoms with van der Waals surface area (Å²) in [5, 5.41) is 6.08. The molecule has 0 aliphatic carbocycles. The third-order valence-corrected chi connectivity index (χ3v) is 5.47. The zero-order valence-corrected chi connectivity index (χ0v) is 17.2. The summed E-state index contributed by atoms with van der Waals surface area (Å²) >= 11 is 0. The van der Waals surface area contributed by atoms with Crippen molar-refractivity contribution in [1.82, 2.24) is 14.6 Å². The van der Waals surface area contributed by atoms with Gasteiger partial charge in [0.25, 0.3) is 5.95 Å². The second-order valence-electron chi connectivity index (χ2n) is 7.56. The van der Waals surface area contributed by atoms with Crippen LogP contribution in [0.4, 0.5) is 29.5 Å². The molecule has 1 aliphatic heterocycles. The number of fused-ring (bicyclic) bond motifs is 1. The molecule has 2 aromatic carbocycles. The number of carbonyl (C=O) groups is 1. The molecule has 0 unspecified atom stereocenters. The second-order valence-corrected chi connectivity index (χ2v) is 7.56. The molecule has 1 fully saturated rings. The van der Waals surface area contributed by atoms with Crippen LogP contribution in [0, 0.1) is 17.6 Å². The van der Waals surface area contributed by atoms with Crippen molar-refractivity contribution in [2.75, 3.05) is 16.8 Å². The lowest BCUT2D eigenvalue weighted by molar-refractivity contribution is 0.215. The highest BCUT2D eigenvalue weighted by Crippen LogP contribution is 2.37. The Morgan fingerprint density at radius 1 is 1.09 bits per heavy atom. The fourth-order valence-electron chi connectivity index (χ4n) is 4.02. The number of para-hydroxylation sites is 1. The van der Waals surface area contributed by atoms with Gasteiger partial charge in [0.2, 0.25) is 0 Å². The first kappa shape index (κ1) is 20.8. The number of carbonyl (C=O) groups excluding carboxylic acids is 1. The second kappa shape index (κ2) is 8.45. The predicted octanol–water partition coefficient (Wildman–Crippen LogP) is 5.10. The van der Waals surface area contributed by atoms with E-state index in [1.165, 1.54) is 16.8 Å². The Kier molecular flexibility index (Phi) is 5.33. The maximum Gasteiger partial charge on any atom is 0.417 e. The number of nitrogens with zero attached hydrogens (tertiary/aromatic N) is 4. The molecule has 0 spiro atoms. The zero-order valence-electron chi connectivity index (χ0n) is 17.2. The number of anilines is 2. The van der Waals surface area contributed by atoms with E-state index >= 15 is 0 Å². The standard InChI is InChI=1S/C23H18F3N5O2/c24-14-8-9-17(25)16(13-14)18-7-4-11-30(18)19-10-12-31-22(27-19)20(21(26)29-31)28-23(32)33-15-5-2-1-3-6-15/h1-3,5-6,8-10,12-13,18H,4,7,11H2,(H,28,32)/t18-/m1/s1. The Balaban J connectivity index is 1.45. The van der Waals surface area contributed by atoms with Gasteiger partial charge in [-0.1, -0.05) is 18.2 Å². The summed E-state index contributed by atoms with van der Waals surface area (Å²) in [6.07, 6.45) is 1.94. The molecular formula is C23H18F3N5O2. The summed E-state index contributed by atoms with van der Waals surface area (Å²) < 4.78 is 49.0. The van der Waals surface area contributed by atoms with Crippen molar-refractivity contribution >= 4 is 23.2 Å². The summed E-state index contributed by atoms with van der Waals surface area (Å²) in [7, 11) is 0. The highest BCUT2D eigenvalue weighted by molar-refractivity contribution is 5.91. The maximum absolute atomic E-state index is 14.5. The van der Waals surface area contributed by atoms with Gasteiger partial charge in [-0.15, -0.1) is 5.10 Å². The SMILES string of the molecule is O=C(Nc1c(F)nn2ccc(N3CCC[C@@H]3c3cc(F)ccc3F)nc12)Oc1ccccc1. The Morgan fingerprint density at radius 3 is 2.73 bits per heavy atom. The van der Waals surface area contributed by atoms with Crippen LogP contribution in [-0.2, 0) is 0 Å². The molecule has 33 heavy (non-hydrogen) atoms. The molecule has 4 aromatic rings. The molecule has 1 atom stereocenters. The van der Waals surface area contributed by atoms with Gasteiger partial charge in [-0.05, 0) is 49.2 Å². The van der Waals surface area contributed by atoms with E-state index in [9.17, 15) is 18.0 Å². The van der Waals surface area contributed by atoms with Gasteiger partial charge in [-0.3, -0.25) is 5.32 Å². The normalized spacial score (nSPS) is 15.7. The smallest absolute Gasteiger partial charge is 0.410 e. The van der Waals surface area contributed by atoms with Crippen LogP contribution in [-0.4, -0.2) is 27.2 Å². The molecule has 1 amide bonds. The molecule has 168 valence electrons. The average Bonchev–Trinajstić information content (AvgIpc) is 3.40. The van der Waals surface area contributed by atoms with Gasteiger partial charge >= 0.3 is 6.09 Å². The van der Waals surface area contributed by atoms with Crippen molar-refractivity contribution in [3.63, 3.8) is 0 Å². The summed E-state index contributed by atoms with van der Waals surface area (Å²) in [5.74, 6) is -1.25. The molecule has 10 heteroatoms. The van der Waals surface area contributed by atoms with Crippen molar-refractivity contribution in [2.24, 2.45) is 0 Å². The number of ether oxygens (including phenoxy) is 1. The maximum atomic E-state index is 14.5.